The monoisotopic (exact) mass is 340 g/mol. The lowest BCUT2D eigenvalue weighted by atomic mass is 10.2. The Morgan fingerprint density at radius 1 is 1.10 bits per heavy atom. The average molecular weight is 341 g/mol. The highest BCUT2D eigenvalue weighted by molar-refractivity contribution is 7.91. The van der Waals surface area contributed by atoms with Crippen LogP contribution in [0.1, 0.15) is 11.1 Å². The van der Waals surface area contributed by atoms with E-state index in [-0.39, 0.29) is 16.3 Å². The van der Waals surface area contributed by atoms with Gasteiger partial charge in [0.1, 0.15) is 6.07 Å². The van der Waals surface area contributed by atoms with E-state index in [2.05, 4.69) is 4.72 Å². The fraction of sp³-hybridized carbons (Fsp3) is 0.0714. The third kappa shape index (κ3) is 4.11. The Morgan fingerprint density at radius 2 is 1.81 bits per heavy atom. The van der Waals surface area contributed by atoms with Crippen molar-refractivity contribution in [2.24, 2.45) is 0 Å². The van der Waals surface area contributed by atoms with Gasteiger partial charge in [0.05, 0.1) is 22.0 Å². The van der Waals surface area contributed by atoms with E-state index in [9.17, 15) is 8.42 Å². The van der Waals surface area contributed by atoms with Crippen LogP contribution >= 0.6 is 23.2 Å². The van der Waals surface area contributed by atoms with Crippen molar-refractivity contribution in [3.63, 3.8) is 0 Å². The summed E-state index contributed by atoms with van der Waals surface area (Å²) >= 11 is 11.8. The number of hydrogen-bond acceptors (Lipinski definition) is 3. The molecule has 2 aromatic carbocycles. The van der Waals surface area contributed by atoms with Gasteiger partial charge in [0, 0.05) is 5.02 Å². The van der Waals surface area contributed by atoms with Crippen LogP contribution < -0.4 is 4.72 Å². The standard InChI is InChI=1S/C14H10Cl2N2O2S/c15-13-4-2-1-3-11(13)9-21(19,20)18-12-6-5-10(8-17)14(16)7-12/h1-7,18H,9H2. The molecule has 0 heterocycles. The molecule has 0 bridgehead atoms. The molecule has 0 aliphatic heterocycles. The summed E-state index contributed by atoms with van der Waals surface area (Å²) in [5.74, 6) is -0.246. The van der Waals surface area contributed by atoms with E-state index in [1.54, 1.807) is 24.3 Å². The van der Waals surface area contributed by atoms with E-state index >= 15 is 0 Å². The fourth-order valence-electron chi connectivity index (χ4n) is 1.71. The first-order valence-corrected chi connectivity index (χ1v) is 8.25. The van der Waals surface area contributed by atoms with Gasteiger partial charge in [0.2, 0.25) is 10.0 Å². The zero-order valence-corrected chi connectivity index (χ0v) is 13.0. The Morgan fingerprint density at radius 3 is 2.43 bits per heavy atom. The number of halogens is 2. The van der Waals surface area contributed by atoms with Crippen LogP contribution in [0.2, 0.25) is 10.0 Å². The van der Waals surface area contributed by atoms with Gasteiger partial charge in [0.15, 0.2) is 0 Å². The Kier molecular flexibility index (Phi) is 4.73. The number of nitrogens with zero attached hydrogens (tertiary/aromatic N) is 1. The first kappa shape index (κ1) is 15.6. The van der Waals surface area contributed by atoms with E-state index in [1.165, 1.54) is 18.2 Å². The van der Waals surface area contributed by atoms with Crippen molar-refractivity contribution in [2.45, 2.75) is 5.75 Å². The van der Waals surface area contributed by atoms with Crippen LogP contribution in [0.5, 0.6) is 0 Å². The van der Waals surface area contributed by atoms with Crippen LogP contribution in [0, 0.1) is 11.3 Å². The Balaban J connectivity index is 2.20. The van der Waals surface area contributed by atoms with Gasteiger partial charge < -0.3 is 0 Å². The van der Waals surface area contributed by atoms with Crippen molar-refractivity contribution in [3.05, 3.63) is 63.6 Å². The lowest BCUT2D eigenvalue weighted by Gasteiger charge is -2.09. The number of sulfonamides is 1. The second-order valence-corrected chi connectivity index (χ2v) is 6.80. The van der Waals surface area contributed by atoms with Crippen molar-refractivity contribution in [3.8, 4) is 6.07 Å². The van der Waals surface area contributed by atoms with E-state index < -0.39 is 10.0 Å². The van der Waals surface area contributed by atoms with Gasteiger partial charge >= 0.3 is 0 Å². The highest BCUT2D eigenvalue weighted by Gasteiger charge is 2.14. The van der Waals surface area contributed by atoms with Crippen molar-refractivity contribution in [2.75, 3.05) is 4.72 Å². The third-order valence-electron chi connectivity index (χ3n) is 2.67. The lowest BCUT2D eigenvalue weighted by molar-refractivity contribution is 0.600. The molecule has 21 heavy (non-hydrogen) atoms. The van der Waals surface area contributed by atoms with Gasteiger partial charge in [-0.15, -0.1) is 0 Å². The Bertz CT molecular complexity index is 814. The second-order valence-electron chi connectivity index (χ2n) is 4.26. The van der Waals surface area contributed by atoms with Gasteiger partial charge in [-0.1, -0.05) is 41.4 Å². The van der Waals surface area contributed by atoms with Crippen LogP contribution in [0.15, 0.2) is 42.5 Å². The van der Waals surface area contributed by atoms with Crippen LogP contribution in [-0.4, -0.2) is 8.42 Å². The summed E-state index contributed by atoms with van der Waals surface area (Å²) in [6, 6.07) is 13.0. The van der Waals surface area contributed by atoms with E-state index in [0.717, 1.165) is 0 Å². The van der Waals surface area contributed by atoms with Gasteiger partial charge in [-0.2, -0.15) is 5.26 Å². The average Bonchev–Trinajstić information content (AvgIpc) is 2.41. The molecule has 0 saturated carbocycles. The molecule has 0 spiro atoms. The molecular formula is C14H10Cl2N2O2S. The molecule has 2 aromatic rings. The summed E-state index contributed by atoms with van der Waals surface area (Å²) in [6.07, 6.45) is 0. The number of hydrogen-bond donors (Lipinski definition) is 1. The molecule has 0 aliphatic rings. The zero-order chi connectivity index (χ0) is 15.5. The SMILES string of the molecule is N#Cc1ccc(NS(=O)(=O)Cc2ccccc2Cl)cc1Cl. The molecule has 0 fully saturated rings. The maximum absolute atomic E-state index is 12.1. The van der Waals surface area contributed by atoms with Gasteiger partial charge in [-0.05, 0) is 29.8 Å². The van der Waals surface area contributed by atoms with Crippen LogP contribution in [0.4, 0.5) is 5.69 Å². The molecule has 7 heteroatoms. The molecule has 2 rings (SSSR count). The minimum atomic E-state index is -3.62. The predicted molar refractivity (Wildman–Crippen MR) is 83.9 cm³/mol. The number of benzene rings is 2. The first-order valence-electron chi connectivity index (χ1n) is 5.85. The van der Waals surface area contributed by atoms with E-state index in [0.29, 0.717) is 16.3 Å². The minimum Gasteiger partial charge on any atom is -0.283 e. The summed E-state index contributed by atoms with van der Waals surface area (Å²) in [7, 11) is -3.62. The molecule has 0 aromatic heterocycles. The van der Waals surface area contributed by atoms with Gasteiger partial charge in [-0.3, -0.25) is 4.72 Å². The van der Waals surface area contributed by atoms with Crippen molar-refractivity contribution >= 4 is 38.9 Å². The smallest absolute Gasteiger partial charge is 0.236 e. The topological polar surface area (TPSA) is 70.0 Å². The maximum atomic E-state index is 12.1. The molecule has 1 N–H and O–H groups in total. The molecule has 0 unspecified atom stereocenters. The van der Waals surface area contributed by atoms with E-state index in [1.807, 2.05) is 6.07 Å². The maximum Gasteiger partial charge on any atom is 0.236 e. The highest BCUT2D eigenvalue weighted by Crippen LogP contribution is 2.23. The molecule has 0 aliphatic carbocycles. The van der Waals surface area contributed by atoms with Crippen molar-refractivity contribution in [1.82, 2.24) is 0 Å². The number of rotatable bonds is 4. The van der Waals surface area contributed by atoms with Crippen molar-refractivity contribution in [1.29, 1.82) is 5.26 Å². The van der Waals surface area contributed by atoms with E-state index in [4.69, 9.17) is 28.5 Å². The second kappa shape index (κ2) is 6.35. The summed E-state index contributed by atoms with van der Waals surface area (Å²) < 4.78 is 26.6. The normalized spacial score (nSPS) is 10.9. The molecule has 0 radical (unpaired) electrons. The third-order valence-corrected chi connectivity index (χ3v) is 4.59. The van der Waals surface area contributed by atoms with Crippen LogP contribution in [0.25, 0.3) is 0 Å². The lowest BCUT2D eigenvalue weighted by Crippen LogP contribution is -2.15. The van der Waals surface area contributed by atoms with Gasteiger partial charge in [0.25, 0.3) is 0 Å². The van der Waals surface area contributed by atoms with Crippen LogP contribution in [0.3, 0.4) is 0 Å². The van der Waals surface area contributed by atoms with Crippen molar-refractivity contribution < 1.29 is 8.42 Å². The number of nitrogens with one attached hydrogen (secondary N) is 1. The largest absolute Gasteiger partial charge is 0.283 e. The summed E-state index contributed by atoms with van der Waals surface area (Å²) in [4.78, 5) is 0. The summed E-state index contributed by atoms with van der Waals surface area (Å²) in [6.45, 7) is 0. The molecule has 0 amide bonds. The van der Waals surface area contributed by atoms with Gasteiger partial charge in [-0.25, -0.2) is 8.42 Å². The highest BCUT2D eigenvalue weighted by atomic mass is 35.5. The Hall–Kier alpha value is -1.74. The first-order chi connectivity index (χ1) is 9.91. The number of anilines is 1. The minimum absolute atomic E-state index is 0.190. The quantitative estimate of drug-likeness (QED) is 0.919. The zero-order valence-electron chi connectivity index (χ0n) is 10.7. The molecule has 0 atom stereocenters. The molecule has 0 saturated heterocycles. The van der Waals surface area contributed by atoms with Crippen LogP contribution in [-0.2, 0) is 15.8 Å². The summed E-state index contributed by atoms with van der Waals surface area (Å²) in [5.41, 5.74) is 1.09. The molecule has 4 nitrogen and oxygen atoms in total. The molecular weight excluding hydrogens is 331 g/mol. The molecule has 108 valence electrons. The Labute approximate surface area is 133 Å². The number of nitriles is 1. The predicted octanol–water partition coefficient (Wildman–Crippen LogP) is 3.81. The fourth-order valence-corrected chi connectivity index (χ4v) is 3.43. The summed E-state index contributed by atoms with van der Waals surface area (Å²) in [5, 5.41) is 9.36.